The molecule has 1 aromatic rings. The fraction of sp³-hybridized carbons (Fsp3) is 0.462. The van der Waals surface area contributed by atoms with E-state index in [1.807, 2.05) is 12.1 Å². The maximum atomic E-state index is 12.0. The SMILES string of the molecule is O=C1CNCC2(CCC2)c2c(Br)cccc21. The van der Waals surface area contributed by atoms with Gasteiger partial charge in [-0.3, -0.25) is 4.79 Å². The highest BCUT2D eigenvalue weighted by molar-refractivity contribution is 9.10. The molecule has 0 saturated heterocycles. The van der Waals surface area contributed by atoms with Crippen LogP contribution in [0.3, 0.4) is 0 Å². The van der Waals surface area contributed by atoms with Gasteiger partial charge in [0, 0.05) is 22.0 Å². The van der Waals surface area contributed by atoms with Crippen LogP contribution < -0.4 is 5.32 Å². The zero-order valence-corrected chi connectivity index (χ0v) is 10.6. The van der Waals surface area contributed by atoms with Crippen molar-refractivity contribution in [3.8, 4) is 0 Å². The van der Waals surface area contributed by atoms with Gasteiger partial charge in [-0.1, -0.05) is 34.5 Å². The molecule has 3 heteroatoms. The molecule has 1 saturated carbocycles. The van der Waals surface area contributed by atoms with Gasteiger partial charge in [-0.2, -0.15) is 0 Å². The van der Waals surface area contributed by atoms with Gasteiger partial charge in [0.05, 0.1) is 6.54 Å². The standard InChI is InChI=1S/C13H14BrNO/c14-10-4-1-3-9-11(16)7-15-8-13(12(9)10)5-2-6-13/h1,3-4,15H,2,5-8H2. The average molecular weight is 280 g/mol. The molecule has 2 aliphatic rings. The normalized spacial score (nSPS) is 22.4. The molecule has 84 valence electrons. The van der Waals surface area contributed by atoms with Gasteiger partial charge in [-0.15, -0.1) is 0 Å². The number of benzene rings is 1. The summed E-state index contributed by atoms with van der Waals surface area (Å²) < 4.78 is 1.10. The van der Waals surface area contributed by atoms with Crippen molar-refractivity contribution < 1.29 is 4.79 Å². The molecular formula is C13H14BrNO. The Bertz CT molecular complexity index is 451. The van der Waals surface area contributed by atoms with Gasteiger partial charge in [0.2, 0.25) is 0 Å². The maximum Gasteiger partial charge on any atom is 0.176 e. The number of carbonyl (C=O) groups is 1. The zero-order chi connectivity index (χ0) is 11.2. The third-order valence-corrected chi connectivity index (χ3v) is 4.56. The molecule has 0 aromatic heterocycles. The van der Waals surface area contributed by atoms with Gasteiger partial charge >= 0.3 is 0 Å². The van der Waals surface area contributed by atoms with Gasteiger partial charge in [-0.05, 0) is 24.5 Å². The summed E-state index contributed by atoms with van der Waals surface area (Å²) >= 11 is 3.61. The van der Waals surface area contributed by atoms with E-state index in [1.165, 1.54) is 24.8 Å². The second kappa shape index (κ2) is 3.67. The Kier molecular flexibility index (Phi) is 2.41. The van der Waals surface area contributed by atoms with Gasteiger partial charge in [0.25, 0.3) is 0 Å². The molecule has 1 heterocycles. The summed E-state index contributed by atoms with van der Waals surface area (Å²) in [4.78, 5) is 12.0. The highest BCUT2D eigenvalue weighted by Crippen LogP contribution is 2.48. The van der Waals surface area contributed by atoms with E-state index in [-0.39, 0.29) is 11.2 Å². The minimum Gasteiger partial charge on any atom is -0.309 e. The number of hydrogen-bond acceptors (Lipinski definition) is 2. The van der Waals surface area contributed by atoms with Crippen molar-refractivity contribution in [1.82, 2.24) is 5.32 Å². The average Bonchev–Trinajstić information content (AvgIpc) is 2.36. The Morgan fingerprint density at radius 2 is 2.12 bits per heavy atom. The molecule has 1 aliphatic heterocycles. The molecule has 1 aliphatic carbocycles. The second-order valence-electron chi connectivity index (χ2n) is 4.82. The molecule has 0 radical (unpaired) electrons. The van der Waals surface area contributed by atoms with E-state index in [0.717, 1.165) is 16.6 Å². The minimum atomic E-state index is 0.210. The Morgan fingerprint density at radius 1 is 1.31 bits per heavy atom. The number of rotatable bonds is 0. The van der Waals surface area contributed by atoms with Crippen molar-refractivity contribution in [3.05, 3.63) is 33.8 Å². The first-order valence-electron chi connectivity index (χ1n) is 5.76. The number of carbonyl (C=O) groups excluding carboxylic acids is 1. The molecule has 0 bridgehead atoms. The first-order chi connectivity index (χ1) is 7.73. The number of ketones is 1. The fourth-order valence-corrected chi connectivity index (χ4v) is 3.71. The number of hydrogen-bond donors (Lipinski definition) is 1. The summed E-state index contributed by atoms with van der Waals surface area (Å²) in [6.07, 6.45) is 3.67. The lowest BCUT2D eigenvalue weighted by Crippen LogP contribution is -2.43. The van der Waals surface area contributed by atoms with E-state index in [4.69, 9.17) is 0 Å². The predicted octanol–water partition coefficient (Wildman–Crippen LogP) is 2.66. The fourth-order valence-electron chi connectivity index (χ4n) is 2.92. The summed E-state index contributed by atoms with van der Waals surface area (Å²) in [6.45, 7) is 1.42. The van der Waals surface area contributed by atoms with Crippen LogP contribution in [-0.2, 0) is 5.41 Å². The van der Waals surface area contributed by atoms with Crippen molar-refractivity contribution in [3.63, 3.8) is 0 Å². The summed E-state index contributed by atoms with van der Waals surface area (Å²) in [6, 6.07) is 5.98. The third kappa shape index (κ3) is 1.38. The van der Waals surface area contributed by atoms with Crippen LogP contribution in [0, 0.1) is 0 Å². The smallest absolute Gasteiger partial charge is 0.176 e. The van der Waals surface area contributed by atoms with Crippen LogP contribution in [-0.4, -0.2) is 18.9 Å². The summed E-state index contributed by atoms with van der Waals surface area (Å²) in [5.41, 5.74) is 2.37. The van der Waals surface area contributed by atoms with Gasteiger partial charge in [-0.25, -0.2) is 0 Å². The predicted molar refractivity (Wildman–Crippen MR) is 66.9 cm³/mol. The van der Waals surface area contributed by atoms with E-state index in [9.17, 15) is 4.79 Å². The van der Waals surface area contributed by atoms with Crippen LogP contribution in [0.25, 0.3) is 0 Å². The van der Waals surface area contributed by atoms with Crippen LogP contribution in [0.5, 0.6) is 0 Å². The summed E-state index contributed by atoms with van der Waals surface area (Å²) in [7, 11) is 0. The Hall–Kier alpha value is -0.670. The molecule has 1 fully saturated rings. The number of Topliss-reactive ketones (excluding diaryl/α,β-unsaturated/α-hetero) is 1. The minimum absolute atomic E-state index is 0.210. The van der Waals surface area contributed by atoms with Crippen LogP contribution in [0.2, 0.25) is 0 Å². The summed E-state index contributed by atoms with van der Waals surface area (Å²) in [5, 5.41) is 3.29. The lowest BCUT2D eigenvalue weighted by atomic mass is 9.63. The van der Waals surface area contributed by atoms with Gasteiger partial charge in [0.1, 0.15) is 0 Å². The molecule has 2 nitrogen and oxygen atoms in total. The lowest BCUT2D eigenvalue weighted by Gasteiger charge is -2.43. The Labute approximate surface area is 104 Å². The Morgan fingerprint density at radius 3 is 2.81 bits per heavy atom. The topological polar surface area (TPSA) is 29.1 Å². The van der Waals surface area contributed by atoms with Crippen LogP contribution in [0.4, 0.5) is 0 Å². The van der Waals surface area contributed by atoms with Crippen molar-refractivity contribution in [1.29, 1.82) is 0 Å². The maximum absolute atomic E-state index is 12.0. The molecule has 0 atom stereocenters. The van der Waals surface area contributed by atoms with Crippen LogP contribution in [0.1, 0.15) is 35.2 Å². The van der Waals surface area contributed by atoms with Gasteiger partial charge < -0.3 is 5.32 Å². The van der Waals surface area contributed by atoms with Crippen molar-refractivity contribution in [2.75, 3.05) is 13.1 Å². The number of fused-ring (bicyclic) bond motifs is 2. The highest BCUT2D eigenvalue weighted by Gasteiger charge is 2.43. The quantitative estimate of drug-likeness (QED) is 0.791. The first-order valence-corrected chi connectivity index (χ1v) is 6.55. The monoisotopic (exact) mass is 279 g/mol. The molecule has 3 rings (SSSR count). The largest absolute Gasteiger partial charge is 0.309 e. The summed E-state index contributed by atoms with van der Waals surface area (Å²) in [5.74, 6) is 0.222. The molecule has 16 heavy (non-hydrogen) atoms. The van der Waals surface area contributed by atoms with Crippen molar-refractivity contribution in [2.24, 2.45) is 0 Å². The number of halogens is 1. The Balaban J connectivity index is 2.22. The molecule has 0 unspecified atom stereocenters. The van der Waals surface area contributed by atoms with E-state index >= 15 is 0 Å². The van der Waals surface area contributed by atoms with E-state index < -0.39 is 0 Å². The molecule has 1 aromatic carbocycles. The second-order valence-corrected chi connectivity index (χ2v) is 5.68. The molecular weight excluding hydrogens is 266 g/mol. The van der Waals surface area contributed by atoms with Crippen molar-refractivity contribution >= 4 is 21.7 Å². The molecule has 1 spiro atoms. The lowest BCUT2D eigenvalue weighted by molar-refractivity contribution is 0.0993. The van der Waals surface area contributed by atoms with Crippen LogP contribution >= 0.6 is 15.9 Å². The first kappa shape index (κ1) is 10.5. The van der Waals surface area contributed by atoms with Crippen molar-refractivity contribution in [2.45, 2.75) is 24.7 Å². The highest BCUT2D eigenvalue weighted by atomic mass is 79.9. The number of nitrogens with one attached hydrogen (secondary N) is 1. The van der Waals surface area contributed by atoms with Gasteiger partial charge in [0.15, 0.2) is 5.78 Å². The van der Waals surface area contributed by atoms with E-state index in [1.54, 1.807) is 0 Å². The van der Waals surface area contributed by atoms with E-state index in [2.05, 4.69) is 27.3 Å². The third-order valence-electron chi connectivity index (χ3n) is 3.90. The van der Waals surface area contributed by atoms with Crippen LogP contribution in [0.15, 0.2) is 22.7 Å². The van der Waals surface area contributed by atoms with E-state index in [0.29, 0.717) is 6.54 Å². The molecule has 0 amide bonds. The zero-order valence-electron chi connectivity index (χ0n) is 9.05. The molecule has 1 N–H and O–H groups in total.